The molecule has 0 aliphatic carbocycles. The first kappa shape index (κ1) is 19.5. The maximum atomic E-state index is 12.7. The number of nitrogens with one attached hydrogen (secondary N) is 2. The lowest BCUT2D eigenvalue weighted by atomic mass is 10.2. The van der Waals surface area contributed by atoms with E-state index in [9.17, 15) is 13.2 Å². The number of aryl methyl sites for hydroxylation is 1. The Morgan fingerprint density at radius 1 is 1.04 bits per heavy atom. The molecule has 2 rings (SSSR count). The number of hydrogen-bond donors (Lipinski definition) is 2. The van der Waals surface area contributed by atoms with Gasteiger partial charge in [0.2, 0.25) is 5.91 Å². The van der Waals surface area contributed by atoms with Crippen LogP contribution >= 0.6 is 0 Å². The van der Waals surface area contributed by atoms with Crippen LogP contribution in [-0.4, -0.2) is 21.4 Å². The summed E-state index contributed by atoms with van der Waals surface area (Å²) in [5.74, 6) is 0.327. The zero-order chi connectivity index (χ0) is 19.3. The number of carbonyl (C=O) groups excluding carboxylic acids is 1. The Morgan fingerprint density at radius 3 is 2.23 bits per heavy atom. The summed E-state index contributed by atoms with van der Waals surface area (Å²) in [7, 11) is -2.26. The Kier molecular flexibility index (Phi) is 6.05. The molecule has 138 valence electrons. The van der Waals surface area contributed by atoms with Crippen molar-refractivity contribution in [3.8, 4) is 5.75 Å². The summed E-state index contributed by atoms with van der Waals surface area (Å²) in [5, 5.41) is 2.67. The minimum absolute atomic E-state index is 0.100. The van der Waals surface area contributed by atoms with Gasteiger partial charge < -0.3 is 10.1 Å². The highest BCUT2D eigenvalue weighted by Crippen LogP contribution is 2.24. The Labute approximate surface area is 153 Å². The fourth-order valence-corrected chi connectivity index (χ4v) is 3.61. The number of amides is 1. The molecule has 6 nitrogen and oxygen atoms in total. The van der Waals surface area contributed by atoms with Crippen molar-refractivity contribution in [3.63, 3.8) is 0 Å². The molecular formula is C19H22N2O4S. The van der Waals surface area contributed by atoms with E-state index in [1.54, 1.807) is 43.3 Å². The summed E-state index contributed by atoms with van der Waals surface area (Å²) in [5.41, 5.74) is 2.26. The standard InChI is InChI=1S/C19H22N2O4S/c1-13(2)11-19(22)20-16-6-5-14(3)18(12-16)26(23,24)21-15-7-9-17(25-4)10-8-15/h5-12,21H,1-4H3,(H,20,22). The van der Waals surface area contributed by atoms with Gasteiger partial charge in [0.25, 0.3) is 10.0 Å². The van der Waals surface area contributed by atoms with Gasteiger partial charge >= 0.3 is 0 Å². The zero-order valence-electron chi connectivity index (χ0n) is 15.2. The minimum atomic E-state index is -3.80. The van der Waals surface area contributed by atoms with E-state index in [-0.39, 0.29) is 10.8 Å². The molecule has 2 aromatic carbocycles. The smallest absolute Gasteiger partial charge is 0.262 e. The summed E-state index contributed by atoms with van der Waals surface area (Å²) in [6.07, 6.45) is 1.45. The molecule has 0 unspecified atom stereocenters. The fraction of sp³-hybridized carbons (Fsp3) is 0.211. The zero-order valence-corrected chi connectivity index (χ0v) is 16.0. The summed E-state index contributed by atoms with van der Waals surface area (Å²) in [6.45, 7) is 5.32. The number of rotatable bonds is 6. The van der Waals surface area contributed by atoms with Crippen molar-refractivity contribution in [1.82, 2.24) is 0 Å². The number of carbonyl (C=O) groups is 1. The number of ether oxygens (including phenoxy) is 1. The van der Waals surface area contributed by atoms with Crippen LogP contribution in [-0.2, 0) is 14.8 Å². The van der Waals surface area contributed by atoms with Crippen LogP contribution in [0, 0.1) is 6.92 Å². The van der Waals surface area contributed by atoms with Crippen LogP contribution in [0.25, 0.3) is 0 Å². The normalized spacial score (nSPS) is 10.8. The van der Waals surface area contributed by atoms with E-state index < -0.39 is 10.0 Å². The fourth-order valence-electron chi connectivity index (χ4n) is 2.28. The quantitative estimate of drug-likeness (QED) is 0.755. The first-order valence-corrected chi connectivity index (χ1v) is 9.43. The predicted octanol–water partition coefficient (Wildman–Crippen LogP) is 3.71. The summed E-state index contributed by atoms with van der Waals surface area (Å²) in [4.78, 5) is 12.0. The largest absolute Gasteiger partial charge is 0.497 e. The van der Waals surface area contributed by atoms with Crippen molar-refractivity contribution in [2.24, 2.45) is 0 Å². The molecule has 2 N–H and O–H groups in total. The number of anilines is 2. The average molecular weight is 374 g/mol. The summed E-state index contributed by atoms with van der Waals surface area (Å²) < 4.78 is 33.0. The molecule has 0 saturated carbocycles. The number of sulfonamides is 1. The Bertz CT molecular complexity index is 929. The number of hydrogen-bond acceptors (Lipinski definition) is 4. The van der Waals surface area contributed by atoms with Gasteiger partial charge in [0.05, 0.1) is 12.0 Å². The molecular weight excluding hydrogens is 352 g/mol. The van der Waals surface area contributed by atoms with E-state index in [2.05, 4.69) is 10.0 Å². The minimum Gasteiger partial charge on any atom is -0.497 e. The van der Waals surface area contributed by atoms with Gasteiger partial charge in [-0.2, -0.15) is 0 Å². The molecule has 1 amide bonds. The van der Waals surface area contributed by atoms with Crippen LogP contribution in [0.2, 0.25) is 0 Å². The van der Waals surface area contributed by atoms with Crippen LogP contribution in [0.4, 0.5) is 11.4 Å². The van der Waals surface area contributed by atoms with Crippen molar-refractivity contribution < 1.29 is 17.9 Å². The van der Waals surface area contributed by atoms with Crippen LogP contribution in [0.15, 0.2) is 59.0 Å². The molecule has 0 aliphatic heterocycles. The van der Waals surface area contributed by atoms with Gasteiger partial charge in [-0.25, -0.2) is 8.42 Å². The first-order valence-electron chi connectivity index (χ1n) is 7.94. The Morgan fingerprint density at radius 2 is 1.65 bits per heavy atom. The second-order valence-corrected chi connectivity index (χ2v) is 7.68. The lowest BCUT2D eigenvalue weighted by molar-refractivity contribution is -0.111. The highest BCUT2D eigenvalue weighted by molar-refractivity contribution is 7.92. The van der Waals surface area contributed by atoms with Crippen molar-refractivity contribution in [3.05, 3.63) is 59.7 Å². The lowest BCUT2D eigenvalue weighted by Crippen LogP contribution is -2.15. The first-order chi connectivity index (χ1) is 12.2. The van der Waals surface area contributed by atoms with E-state index >= 15 is 0 Å². The van der Waals surface area contributed by atoms with Crippen LogP contribution in [0.3, 0.4) is 0 Å². The van der Waals surface area contributed by atoms with E-state index in [0.29, 0.717) is 22.7 Å². The van der Waals surface area contributed by atoms with E-state index in [1.807, 2.05) is 13.8 Å². The van der Waals surface area contributed by atoms with Crippen molar-refractivity contribution >= 4 is 27.3 Å². The van der Waals surface area contributed by atoms with Crippen molar-refractivity contribution in [2.75, 3.05) is 17.1 Å². The third kappa shape index (κ3) is 5.10. The molecule has 7 heteroatoms. The van der Waals surface area contributed by atoms with Crippen molar-refractivity contribution in [1.29, 1.82) is 0 Å². The molecule has 0 heterocycles. The molecule has 0 radical (unpaired) electrons. The monoisotopic (exact) mass is 374 g/mol. The average Bonchev–Trinajstić information content (AvgIpc) is 2.56. The van der Waals surface area contributed by atoms with Gasteiger partial charge in [0.15, 0.2) is 0 Å². The van der Waals surface area contributed by atoms with Gasteiger partial charge in [0, 0.05) is 17.5 Å². The lowest BCUT2D eigenvalue weighted by Gasteiger charge is -2.12. The molecule has 0 bridgehead atoms. The number of methoxy groups -OCH3 is 1. The van der Waals surface area contributed by atoms with E-state index in [1.165, 1.54) is 19.3 Å². The van der Waals surface area contributed by atoms with Crippen LogP contribution < -0.4 is 14.8 Å². The topological polar surface area (TPSA) is 84.5 Å². The molecule has 2 aromatic rings. The highest BCUT2D eigenvalue weighted by atomic mass is 32.2. The predicted molar refractivity (Wildman–Crippen MR) is 103 cm³/mol. The van der Waals surface area contributed by atoms with Crippen LogP contribution in [0.5, 0.6) is 5.75 Å². The molecule has 0 aliphatic rings. The molecule has 0 aromatic heterocycles. The third-order valence-electron chi connectivity index (χ3n) is 3.51. The van der Waals surface area contributed by atoms with Gasteiger partial charge in [-0.15, -0.1) is 0 Å². The van der Waals surface area contributed by atoms with Gasteiger partial charge in [-0.1, -0.05) is 11.6 Å². The summed E-state index contributed by atoms with van der Waals surface area (Å²) >= 11 is 0. The Hall–Kier alpha value is -2.80. The second-order valence-electron chi connectivity index (χ2n) is 6.03. The van der Waals surface area contributed by atoms with Crippen molar-refractivity contribution in [2.45, 2.75) is 25.7 Å². The molecule has 0 atom stereocenters. The molecule has 26 heavy (non-hydrogen) atoms. The van der Waals surface area contributed by atoms with Crippen LogP contribution in [0.1, 0.15) is 19.4 Å². The summed E-state index contributed by atoms with van der Waals surface area (Å²) in [6, 6.07) is 11.3. The van der Waals surface area contributed by atoms with E-state index in [4.69, 9.17) is 4.74 Å². The maximum Gasteiger partial charge on any atom is 0.262 e. The second kappa shape index (κ2) is 8.05. The number of allylic oxidation sites excluding steroid dienone is 1. The van der Waals surface area contributed by atoms with E-state index in [0.717, 1.165) is 5.57 Å². The molecule has 0 spiro atoms. The molecule has 0 fully saturated rings. The van der Waals surface area contributed by atoms with Gasteiger partial charge in [-0.3, -0.25) is 9.52 Å². The van der Waals surface area contributed by atoms with Gasteiger partial charge in [0.1, 0.15) is 5.75 Å². The molecule has 0 saturated heterocycles. The SMILES string of the molecule is COc1ccc(NS(=O)(=O)c2cc(NC(=O)C=C(C)C)ccc2C)cc1. The Balaban J connectivity index is 2.28. The highest BCUT2D eigenvalue weighted by Gasteiger charge is 2.18. The van der Waals surface area contributed by atoms with Gasteiger partial charge in [-0.05, 0) is 62.7 Å². The maximum absolute atomic E-state index is 12.7. The third-order valence-corrected chi connectivity index (χ3v) is 5.03. The number of benzene rings is 2.